The number of aliphatic hydroxyl groups excluding tert-OH is 1. The molecule has 0 atom stereocenters. The van der Waals surface area contributed by atoms with Crippen LogP contribution >= 0.6 is 0 Å². The zero-order valence-corrected chi connectivity index (χ0v) is 19.4. The number of amides is 1. The van der Waals surface area contributed by atoms with Crippen LogP contribution in [0.2, 0.25) is 0 Å². The minimum Gasteiger partial charge on any atom is -0.393 e. The second-order valence-electron chi connectivity index (χ2n) is 10.4. The van der Waals surface area contributed by atoms with Crippen LogP contribution in [0.25, 0.3) is 22.0 Å². The van der Waals surface area contributed by atoms with Gasteiger partial charge in [-0.15, -0.1) is 0 Å². The predicted molar refractivity (Wildman–Crippen MR) is 128 cm³/mol. The van der Waals surface area contributed by atoms with Crippen molar-refractivity contribution in [2.45, 2.75) is 64.5 Å². The Hall–Kier alpha value is -3.26. The van der Waals surface area contributed by atoms with Crippen LogP contribution in [-0.2, 0) is 6.42 Å². The van der Waals surface area contributed by atoms with Gasteiger partial charge in [0, 0.05) is 35.3 Å². The number of nitrogens with one attached hydrogen (secondary N) is 1. The lowest BCUT2D eigenvalue weighted by molar-refractivity contribution is 0.0816. The second-order valence-corrected chi connectivity index (χ2v) is 10.4. The Bertz CT molecular complexity index is 1310. The topological polar surface area (TPSA) is 110 Å². The molecule has 0 radical (unpaired) electrons. The largest absolute Gasteiger partial charge is 0.393 e. The molecule has 0 spiro atoms. The Labute approximate surface area is 197 Å². The zero-order chi connectivity index (χ0) is 24.2. The number of carbonyl (C=O) groups is 2. The number of pyridine rings is 1. The quantitative estimate of drug-likeness (QED) is 0.534. The van der Waals surface area contributed by atoms with Crippen molar-refractivity contribution in [3.63, 3.8) is 0 Å². The summed E-state index contributed by atoms with van der Waals surface area (Å²) in [6.45, 7) is 4.10. The molecule has 5 rings (SSSR count). The number of nitrogens with two attached hydrogens (primary N) is 1. The molecule has 4 N–H and O–H groups in total. The number of hydrogen-bond acceptors (Lipinski definition) is 5. The Morgan fingerprint density at radius 1 is 1.24 bits per heavy atom. The fraction of sp³-hybridized carbons (Fsp3) is 0.423. The number of aromatic nitrogens is 2. The van der Waals surface area contributed by atoms with Crippen molar-refractivity contribution in [3.05, 3.63) is 47.7 Å². The van der Waals surface area contributed by atoms with Gasteiger partial charge in [-0.2, -0.15) is 0 Å². The molecule has 0 bridgehead atoms. The summed E-state index contributed by atoms with van der Waals surface area (Å²) in [6.07, 6.45) is 6.77. The van der Waals surface area contributed by atoms with Crippen LogP contribution < -0.4 is 11.1 Å². The van der Waals surface area contributed by atoms with E-state index >= 15 is 4.39 Å². The van der Waals surface area contributed by atoms with E-state index in [0.717, 1.165) is 16.6 Å². The van der Waals surface area contributed by atoms with Crippen molar-refractivity contribution >= 4 is 28.4 Å². The highest BCUT2D eigenvalue weighted by Crippen LogP contribution is 2.43. The number of primary amides is 1. The van der Waals surface area contributed by atoms with Crippen LogP contribution in [0, 0.1) is 11.2 Å². The standard InChI is InChI=1S/C26H29FN4O3/c1-26(2)11-20-23(17-7-8-29-13-21(17)31(20)22(33)12-26)14-9-18(27)24(25(28)34)19(10-14)30-15-3-5-16(32)6-4-15/h7-10,13,15-16,30,32H,3-6,11-12H2,1-2H3,(H2,28,34)/t15-,16-. The lowest BCUT2D eigenvalue weighted by Gasteiger charge is -2.31. The lowest BCUT2D eigenvalue weighted by atomic mass is 9.80. The van der Waals surface area contributed by atoms with Gasteiger partial charge in [-0.1, -0.05) is 13.8 Å². The highest BCUT2D eigenvalue weighted by molar-refractivity contribution is 6.06. The molecule has 178 valence electrons. The Balaban J connectivity index is 1.69. The number of rotatable bonds is 4. The molecule has 2 aromatic heterocycles. The molecule has 1 aliphatic carbocycles. The van der Waals surface area contributed by atoms with Crippen molar-refractivity contribution in [1.29, 1.82) is 0 Å². The molecule has 0 saturated heterocycles. The van der Waals surface area contributed by atoms with Crippen molar-refractivity contribution in [2.75, 3.05) is 5.32 Å². The summed E-state index contributed by atoms with van der Waals surface area (Å²) in [5, 5.41) is 14.0. The van der Waals surface area contributed by atoms with Crippen molar-refractivity contribution < 1.29 is 19.1 Å². The third-order valence-electron chi connectivity index (χ3n) is 7.08. The van der Waals surface area contributed by atoms with E-state index in [-0.39, 0.29) is 29.0 Å². The van der Waals surface area contributed by atoms with Gasteiger partial charge in [-0.05, 0) is 61.3 Å². The molecule has 34 heavy (non-hydrogen) atoms. The van der Waals surface area contributed by atoms with Crippen LogP contribution in [-0.4, -0.2) is 38.6 Å². The first-order valence-electron chi connectivity index (χ1n) is 11.7. The highest BCUT2D eigenvalue weighted by atomic mass is 19.1. The number of anilines is 1. The summed E-state index contributed by atoms with van der Waals surface area (Å²) in [7, 11) is 0. The van der Waals surface area contributed by atoms with Crippen LogP contribution in [0.4, 0.5) is 10.1 Å². The average molecular weight is 465 g/mol. The van der Waals surface area contributed by atoms with Gasteiger partial charge in [0.25, 0.3) is 5.91 Å². The van der Waals surface area contributed by atoms with Gasteiger partial charge < -0.3 is 16.2 Å². The minimum atomic E-state index is -0.841. The number of hydrogen-bond donors (Lipinski definition) is 3. The van der Waals surface area contributed by atoms with E-state index in [1.165, 1.54) is 6.07 Å². The molecule has 2 aliphatic rings. The fourth-order valence-corrected chi connectivity index (χ4v) is 5.52. The Morgan fingerprint density at radius 2 is 1.97 bits per heavy atom. The molecular weight excluding hydrogens is 435 g/mol. The average Bonchev–Trinajstić information content (AvgIpc) is 3.07. The Kier molecular flexibility index (Phi) is 5.43. The van der Waals surface area contributed by atoms with E-state index in [4.69, 9.17) is 5.73 Å². The summed E-state index contributed by atoms with van der Waals surface area (Å²) in [4.78, 5) is 29.5. The highest BCUT2D eigenvalue weighted by Gasteiger charge is 2.35. The molecule has 1 aromatic carbocycles. The van der Waals surface area contributed by atoms with E-state index < -0.39 is 11.7 Å². The van der Waals surface area contributed by atoms with E-state index in [1.807, 2.05) is 6.07 Å². The molecule has 8 heteroatoms. The summed E-state index contributed by atoms with van der Waals surface area (Å²) in [6, 6.07) is 4.93. The molecule has 1 amide bonds. The molecule has 3 heterocycles. The third kappa shape index (κ3) is 3.86. The van der Waals surface area contributed by atoms with Crippen molar-refractivity contribution in [1.82, 2.24) is 9.55 Å². The van der Waals surface area contributed by atoms with Gasteiger partial charge >= 0.3 is 0 Å². The van der Waals surface area contributed by atoms with E-state index in [9.17, 15) is 14.7 Å². The van der Waals surface area contributed by atoms with Crippen LogP contribution in [0.5, 0.6) is 0 Å². The molecular formula is C26H29FN4O3. The number of nitrogens with zero attached hydrogens (tertiary/aromatic N) is 2. The molecule has 0 unspecified atom stereocenters. The number of carbonyl (C=O) groups excluding carboxylic acids is 2. The second kappa shape index (κ2) is 8.20. The lowest BCUT2D eigenvalue weighted by Crippen LogP contribution is -2.31. The normalized spacial score (nSPS) is 21.9. The van der Waals surface area contributed by atoms with Gasteiger partial charge in [0.15, 0.2) is 0 Å². The summed E-state index contributed by atoms with van der Waals surface area (Å²) >= 11 is 0. The maximum absolute atomic E-state index is 15.4. The number of aliphatic hydroxyl groups is 1. The third-order valence-corrected chi connectivity index (χ3v) is 7.08. The molecule has 1 fully saturated rings. The monoisotopic (exact) mass is 464 g/mol. The number of halogens is 1. The van der Waals surface area contributed by atoms with Crippen LogP contribution in [0.15, 0.2) is 30.6 Å². The van der Waals surface area contributed by atoms with Gasteiger partial charge in [0.1, 0.15) is 5.82 Å². The van der Waals surface area contributed by atoms with Gasteiger partial charge in [0.05, 0.1) is 29.1 Å². The molecule has 1 saturated carbocycles. The molecule has 1 aliphatic heterocycles. The first-order chi connectivity index (χ1) is 16.1. The summed E-state index contributed by atoms with van der Waals surface area (Å²) in [5.74, 6) is -1.55. The minimum absolute atomic E-state index is 0.000516. The summed E-state index contributed by atoms with van der Waals surface area (Å²) < 4.78 is 17.1. The first-order valence-corrected chi connectivity index (χ1v) is 11.7. The fourth-order valence-electron chi connectivity index (χ4n) is 5.52. The maximum atomic E-state index is 15.4. The van der Waals surface area contributed by atoms with Gasteiger partial charge in [-0.3, -0.25) is 19.1 Å². The Morgan fingerprint density at radius 3 is 2.68 bits per heavy atom. The van der Waals surface area contributed by atoms with E-state index in [0.29, 0.717) is 55.3 Å². The molecule has 7 nitrogen and oxygen atoms in total. The van der Waals surface area contributed by atoms with E-state index in [1.54, 1.807) is 23.0 Å². The SMILES string of the molecule is CC1(C)CC(=O)n2c(c(-c3cc(F)c(C(N)=O)c(N[C@H]4CC[C@H](O)CC4)c3)c3ccncc32)C1. The van der Waals surface area contributed by atoms with Gasteiger partial charge in [-0.25, -0.2) is 4.39 Å². The number of benzene rings is 1. The van der Waals surface area contributed by atoms with Crippen LogP contribution in [0.3, 0.4) is 0 Å². The summed E-state index contributed by atoms with van der Waals surface area (Å²) in [5.41, 5.74) is 8.35. The van der Waals surface area contributed by atoms with Crippen molar-refractivity contribution in [2.24, 2.45) is 11.1 Å². The predicted octanol–water partition coefficient (Wildman–Crippen LogP) is 4.27. The van der Waals surface area contributed by atoms with Gasteiger partial charge in [0.2, 0.25) is 5.91 Å². The maximum Gasteiger partial charge on any atom is 0.253 e. The zero-order valence-electron chi connectivity index (χ0n) is 19.4. The van der Waals surface area contributed by atoms with Crippen LogP contribution in [0.1, 0.15) is 66.8 Å². The number of fused-ring (bicyclic) bond motifs is 3. The molecule has 3 aromatic rings. The smallest absolute Gasteiger partial charge is 0.253 e. The van der Waals surface area contributed by atoms with E-state index in [2.05, 4.69) is 24.1 Å². The first kappa shape index (κ1) is 22.5. The van der Waals surface area contributed by atoms with Crippen molar-refractivity contribution in [3.8, 4) is 11.1 Å².